The van der Waals surface area contributed by atoms with Crippen LogP contribution >= 0.6 is 23.1 Å². The van der Waals surface area contributed by atoms with E-state index in [0.29, 0.717) is 23.2 Å². The van der Waals surface area contributed by atoms with Gasteiger partial charge in [-0.2, -0.15) is 0 Å². The third-order valence-corrected chi connectivity index (χ3v) is 3.39. The minimum absolute atomic E-state index is 0.190. The highest BCUT2D eigenvalue weighted by molar-refractivity contribution is 7.05. The van der Waals surface area contributed by atoms with Gasteiger partial charge in [0.2, 0.25) is 0 Å². The summed E-state index contributed by atoms with van der Waals surface area (Å²) in [5.41, 5.74) is 1.38. The summed E-state index contributed by atoms with van der Waals surface area (Å²) in [6, 6.07) is 1.59. The van der Waals surface area contributed by atoms with Gasteiger partial charge >= 0.3 is 0 Å². The van der Waals surface area contributed by atoms with Crippen LogP contribution in [0, 0.1) is 0 Å². The Bertz CT molecular complexity index is 549. The fourth-order valence-electron chi connectivity index (χ4n) is 1.53. The van der Waals surface area contributed by atoms with Crippen molar-refractivity contribution in [2.75, 3.05) is 0 Å². The van der Waals surface area contributed by atoms with Crippen LogP contribution in [-0.2, 0) is 6.54 Å². The highest BCUT2D eigenvalue weighted by Crippen LogP contribution is 2.19. The number of amides is 1. The van der Waals surface area contributed by atoms with Gasteiger partial charge in [0.25, 0.3) is 5.91 Å². The molecule has 2 N–H and O–H groups in total. The zero-order valence-electron chi connectivity index (χ0n) is 10.0. The van der Waals surface area contributed by atoms with E-state index in [9.17, 15) is 4.79 Å². The Balaban J connectivity index is 1.99. The third-order valence-electron chi connectivity index (χ3n) is 2.43. The van der Waals surface area contributed by atoms with E-state index in [0.717, 1.165) is 10.6 Å². The lowest BCUT2D eigenvalue weighted by atomic mass is 10.1. The molecule has 0 atom stereocenters. The fourth-order valence-corrected chi connectivity index (χ4v) is 2.43. The molecule has 0 fully saturated rings. The van der Waals surface area contributed by atoms with Crippen molar-refractivity contribution in [3.8, 4) is 0 Å². The number of aromatic amines is 1. The Hall–Kier alpha value is -1.40. The molecule has 0 saturated carbocycles. The second kappa shape index (κ2) is 5.49. The molecule has 0 saturated heterocycles. The normalized spacial score (nSPS) is 10.9. The Kier molecular flexibility index (Phi) is 3.98. The van der Waals surface area contributed by atoms with Crippen molar-refractivity contribution in [2.45, 2.75) is 26.3 Å². The summed E-state index contributed by atoms with van der Waals surface area (Å²) in [7, 11) is 0. The molecule has 18 heavy (non-hydrogen) atoms. The predicted octanol–water partition coefficient (Wildman–Crippen LogP) is 2.57. The first-order chi connectivity index (χ1) is 8.58. The van der Waals surface area contributed by atoms with Crippen LogP contribution < -0.4 is 5.32 Å². The molecule has 0 radical (unpaired) electrons. The van der Waals surface area contributed by atoms with Gasteiger partial charge in [-0.1, -0.05) is 29.9 Å². The molecule has 0 spiro atoms. The SMILES string of the molecule is CC(C)c1nnsc1CNC(=O)c1cc(Cl)c[nH]1. The van der Waals surface area contributed by atoms with Crippen molar-refractivity contribution < 1.29 is 4.79 Å². The molecule has 0 aliphatic rings. The summed E-state index contributed by atoms with van der Waals surface area (Å²) in [5, 5.41) is 7.39. The quantitative estimate of drug-likeness (QED) is 0.906. The minimum atomic E-state index is -0.190. The summed E-state index contributed by atoms with van der Waals surface area (Å²) in [4.78, 5) is 15.6. The number of rotatable bonds is 4. The number of halogens is 1. The molecule has 5 nitrogen and oxygen atoms in total. The molecule has 7 heteroatoms. The van der Waals surface area contributed by atoms with E-state index >= 15 is 0 Å². The second-order valence-corrected chi connectivity index (χ2v) is 5.43. The van der Waals surface area contributed by atoms with Gasteiger partial charge in [-0.15, -0.1) is 5.10 Å². The maximum Gasteiger partial charge on any atom is 0.268 e. The lowest BCUT2D eigenvalue weighted by molar-refractivity contribution is 0.0947. The molecule has 0 aliphatic carbocycles. The van der Waals surface area contributed by atoms with Crippen LogP contribution in [0.1, 0.15) is 40.8 Å². The standard InChI is InChI=1S/C11H13ClN4OS/c1-6(2)10-9(18-16-15-10)5-14-11(17)8-3-7(12)4-13-8/h3-4,6,13H,5H2,1-2H3,(H,14,17). The summed E-state index contributed by atoms with van der Waals surface area (Å²) in [5.74, 6) is 0.112. The average Bonchev–Trinajstić information content (AvgIpc) is 2.94. The van der Waals surface area contributed by atoms with Gasteiger partial charge in [0, 0.05) is 6.20 Å². The molecular formula is C11H13ClN4OS. The first-order valence-electron chi connectivity index (χ1n) is 5.51. The van der Waals surface area contributed by atoms with Gasteiger partial charge in [-0.05, 0) is 23.5 Å². The van der Waals surface area contributed by atoms with Gasteiger partial charge in [0.05, 0.1) is 22.1 Å². The van der Waals surface area contributed by atoms with Crippen LogP contribution in [-0.4, -0.2) is 20.5 Å². The number of nitrogens with zero attached hydrogens (tertiary/aromatic N) is 2. The zero-order valence-corrected chi connectivity index (χ0v) is 11.6. The largest absolute Gasteiger partial charge is 0.356 e. The zero-order chi connectivity index (χ0) is 13.1. The number of H-pyrrole nitrogens is 1. The smallest absolute Gasteiger partial charge is 0.268 e. The molecule has 2 heterocycles. The molecule has 0 bridgehead atoms. The Labute approximate surface area is 114 Å². The van der Waals surface area contributed by atoms with Crippen molar-refractivity contribution in [1.29, 1.82) is 0 Å². The third kappa shape index (κ3) is 2.88. The molecule has 2 aromatic heterocycles. The van der Waals surface area contributed by atoms with Crippen LogP contribution in [0.3, 0.4) is 0 Å². The van der Waals surface area contributed by atoms with Crippen LogP contribution in [0.2, 0.25) is 5.02 Å². The van der Waals surface area contributed by atoms with Crippen molar-refractivity contribution >= 4 is 29.0 Å². The van der Waals surface area contributed by atoms with Crippen LogP contribution in [0.4, 0.5) is 0 Å². The van der Waals surface area contributed by atoms with E-state index in [1.807, 2.05) is 13.8 Å². The highest BCUT2D eigenvalue weighted by atomic mass is 35.5. The number of hydrogen-bond donors (Lipinski definition) is 2. The number of aromatic nitrogens is 3. The molecule has 1 amide bonds. The highest BCUT2D eigenvalue weighted by Gasteiger charge is 2.13. The Morgan fingerprint density at radius 2 is 2.39 bits per heavy atom. The Morgan fingerprint density at radius 3 is 3.00 bits per heavy atom. The number of nitrogens with one attached hydrogen (secondary N) is 2. The average molecular weight is 285 g/mol. The van der Waals surface area contributed by atoms with E-state index in [-0.39, 0.29) is 5.91 Å². The van der Waals surface area contributed by atoms with Gasteiger partial charge in [0.1, 0.15) is 5.69 Å². The molecule has 0 unspecified atom stereocenters. The molecule has 2 rings (SSSR count). The van der Waals surface area contributed by atoms with Gasteiger partial charge in [-0.25, -0.2) is 0 Å². The molecule has 2 aromatic rings. The summed E-state index contributed by atoms with van der Waals surface area (Å²) in [6.45, 7) is 4.53. The maximum atomic E-state index is 11.8. The van der Waals surface area contributed by atoms with E-state index < -0.39 is 0 Å². The van der Waals surface area contributed by atoms with E-state index in [1.54, 1.807) is 12.3 Å². The topological polar surface area (TPSA) is 70.7 Å². The second-order valence-electron chi connectivity index (χ2n) is 4.15. The van der Waals surface area contributed by atoms with Crippen LogP contribution in [0.25, 0.3) is 0 Å². The van der Waals surface area contributed by atoms with Gasteiger partial charge in [0.15, 0.2) is 0 Å². The predicted molar refractivity (Wildman–Crippen MR) is 71.0 cm³/mol. The summed E-state index contributed by atoms with van der Waals surface area (Å²) >= 11 is 7.05. The maximum absolute atomic E-state index is 11.8. The van der Waals surface area contributed by atoms with E-state index in [2.05, 4.69) is 19.9 Å². The molecular weight excluding hydrogens is 272 g/mol. The van der Waals surface area contributed by atoms with Crippen molar-refractivity contribution in [3.05, 3.63) is 33.6 Å². The Morgan fingerprint density at radius 1 is 1.61 bits per heavy atom. The van der Waals surface area contributed by atoms with Gasteiger partial charge in [-0.3, -0.25) is 4.79 Å². The minimum Gasteiger partial charge on any atom is -0.356 e. The van der Waals surface area contributed by atoms with E-state index in [4.69, 9.17) is 11.6 Å². The molecule has 0 aliphatic heterocycles. The monoisotopic (exact) mass is 284 g/mol. The fraction of sp³-hybridized carbons (Fsp3) is 0.364. The lowest BCUT2D eigenvalue weighted by Crippen LogP contribution is -2.23. The number of carbonyl (C=O) groups is 1. The lowest BCUT2D eigenvalue weighted by Gasteiger charge is -2.05. The van der Waals surface area contributed by atoms with Crippen molar-refractivity contribution in [1.82, 2.24) is 19.9 Å². The number of hydrogen-bond acceptors (Lipinski definition) is 4. The summed E-state index contributed by atoms with van der Waals surface area (Å²) in [6.07, 6.45) is 1.57. The van der Waals surface area contributed by atoms with Crippen LogP contribution in [0.15, 0.2) is 12.3 Å². The number of carbonyl (C=O) groups excluding carboxylic acids is 1. The van der Waals surface area contributed by atoms with Gasteiger partial charge < -0.3 is 10.3 Å². The van der Waals surface area contributed by atoms with Crippen molar-refractivity contribution in [3.63, 3.8) is 0 Å². The molecule has 96 valence electrons. The van der Waals surface area contributed by atoms with E-state index in [1.165, 1.54) is 11.5 Å². The molecule has 0 aromatic carbocycles. The first-order valence-corrected chi connectivity index (χ1v) is 6.66. The summed E-state index contributed by atoms with van der Waals surface area (Å²) < 4.78 is 3.91. The van der Waals surface area contributed by atoms with Crippen molar-refractivity contribution in [2.24, 2.45) is 0 Å². The van der Waals surface area contributed by atoms with Crippen LogP contribution in [0.5, 0.6) is 0 Å². The first kappa shape index (κ1) is 13.0.